The van der Waals surface area contributed by atoms with Gasteiger partial charge in [0, 0.05) is 60.9 Å². The lowest BCUT2D eigenvalue weighted by atomic mass is 10.1. The molecule has 0 atom stereocenters. The number of halogens is 4. The predicted molar refractivity (Wildman–Crippen MR) is 136 cm³/mol. The lowest BCUT2D eigenvalue weighted by Gasteiger charge is -2.14. The van der Waals surface area contributed by atoms with Crippen molar-refractivity contribution in [1.29, 1.82) is 0 Å². The molecule has 0 radical (unpaired) electrons. The molecule has 0 aliphatic carbocycles. The fourth-order valence-electron chi connectivity index (χ4n) is 3.77. The topological polar surface area (TPSA) is 86.0 Å². The van der Waals surface area contributed by atoms with Crippen LogP contribution in [0.2, 0.25) is 0 Å². The number of benzene rings is 2. The first-order valence-corrected chi connectivity index (χ1v) is 11.5. The van der Waals surface area contributed by atoms with Crippen LogP contribution in [0.1, 0.15) is 5.56 Å². The molecule has 0 unspecified atom stereocenters. The summed E-state index contributed by atoms with van der Waals surface area (Å²) in [6.45, 7) is 0. The normalized spacial score (nSPS) is 11.3. The van der Waals surface area contributed by atoms with Gasteiger partial charge in [-0.1, -0.05) is 0 Å². The molecule has 0 saturated carbocycles. The number of urea groups is 1. The molecule has 2 aromatic carbocycles. The van der Waals surface area contributed by atoms with E-state index >= 15 is 0 Å². The number of amides is 2. The Bertz CT molecular complexity index is 1630. The van der Waals surface area contributed by atoms with Crippen LogP contribution < -0.4 is 15.4 Å². The van der Waals surface area contributed by atoms with Crippen molar-refractivity contribution < 1.29 is 27.1 Å². The summed E-state index contributed by atoms with van der Waals surface area (Å²) in [7, 11) is 1.78. The van der Waals surface area contributed by atoms with Crippen LogP contribution in [0.5, 0.6) is 11.5 Å². The van der Waals surface area contributed by atoms with Gasteiger partial charge in [0.25, 0.3) is 0 Å². The van der Waals surface area contributed by atoms with E-state index in [1.54, 1.807) is 67.0 Å². The first-order valence-electron chi connectivity index (χ1n) is 11.5. The van der Waals surface area contributed by atoms with Crippen molar-refractivity contribution in [3.8, 4) is 28.4 Å². The average Bonchev–Trinajstić information content (AvgIpc) is 3.58. The SMILES string of the molecule is Cn1cc(-c2cc(Oc3ccc(NC(=O)Nc4cc(-n5cccc5)cc(C(F)(F)F)c4)c(F)c3)ccn2)cn1. The summed E-state index contributed by atoms with van der Waals surface area (Å²) in [6.07, 6.45) is 3.50. The van der Waals surface area contributed by atoms with Crippen LogP contribution in [0.25, 0.3) is 16.9 Å². The van der Waals surface area contributed by atoms with Gasteiger partial charge in [0.1, 0.15) is 17.3 Å². The number of anilines is 2. The molecule has 5 rings (SSSR count). The van der Waals surface area contributed by atoms with Gasteiger partial charge in [-0.3, -0.25) is 9.67 Å². The van der Waals surface area contributed by atoms with Gasteiger partial charge < -0.3 is 19.9 Å². The van der Waals surface area contributed by atoms with Crippen LogP contribution in [-0.4, -0.2) is 25.4 Å². The molecule has 198 valence electrons. The molecule has 0 aliphatic heterocycles. The molecule has 12 heteroatoms. The number of carbonyl (C=O) groups is 1. The van der Waals surface area contributed by atoms with Gasteiger partial charge in [-0.2, -0.15) is 18.3 Å². The number of aryl methyl sites for hydroxylation is 1. The minimum absolute atomic E-state index is 0.117. The van der Waals surface area contributed by atoms with Crippen molar-refractivity contribution in [2.24, 2.45) is 7.05 Å². The molecule has 39 heavy (non-hydrogen) atoms. The van der Waals surface area contributed by atoms with Gasteiger partial charge in [0.2, 0.25) is 0 Å². The third-order valence-corrected chi connectivity index (χ3v) is 5.56. The molecule has 2 amide bonds. The summed E-state index contributed by atoms with van der Waals surface area (Å²) in [4.78, 5) is 16.8. The molecule has 3 heterocycles. The van der Waals surface area contributed by atoms with Crippen LogP contribution in [-0.2, 0) is 13.2 Å². The van der Waals surface area contributed by atoms with Crippen LogP contribution in [0.3, 0.4) is 0 Å². The second-order valence-electron chi connectivity index (χ2n) is 8.46. The fourth-order valence-corrected chi connectivity index (χ4v) is 3.77. The zero-order valence-corrected chi connectivity index (χ0v) is 20.3. The number of carbonyl (C=O) groups excluding carboxylic acids is 1. The predicted octanol–water partition coefficient (Wildman–Crippen LogP) is 6.87. The number of nitrogens with zero attached hydrogens (tertiary/aromatic N) is 4. The van der Waals surface area contributed by atoms with E-state index in [4.69, 9.17) is 4.74 Å². The van der Waals surface area contributed by atoms with Crippen LogP contribution in [0.4, 0.5) is 33.7 Å². The number of ether oxygens (including phenoxy) is 1. The van der Waals surface area contributed by atoms with Crippen molar-refractivity contribution in [2.75, 3.05) is 10.6 Å². The van der Waals surface area contributed by atoms with Crippen molar-refractivity contribution >= 4 is 17.4 Å². The summed E-state index contributed by atoms with van der Waals surface area (Å²) >= 11 is 0. The summed E-state index contributed by atoms with van der Waals surface area (Å²) in [5.74, 6) is -0.234. The van der Waals surface area contributed by atoms with Crippen molar-refractivity contribution in [1.82, 2.24) is 19.3 Å². The number of nitrogens with one attached hydrogen (secondary N) is 2. The molecule has 8 nitrogen and oxygen atoms in total. The maximum Gasteiger partial charge on any atom is 0.416 e. The Morgan fingerprint density at radius 2 is 1.74 bits per heavy atom. The Hall–Kier alpha value is -5.13. The molecule has 0 saturated heterocycles. The number of alkyl halides is 3. The third kappa shape index (κ3) is 6.06. The highest BCUT2D eigenvalue weighted by Crippen LogP contribution is 2.33. The van der Waals surface area contributed by atoms with Crippen molar-refractivity contribution in [2.45, 2.75) is 6.18 Å². The van der Waals surface area contributed by atoms with Gasteiger partial charge in [-0.05, 0) is 48.5 Å². The van der Waals surface area contributed by atoms with Gasteiger partial charge in [0.15, 0.2) is 0 Å². The second kappa shape index (κ2) is 10.3. The molecule has 0 fully saturated rings. The van der Waals surface area contributed by atoms with Crippen LogP contribution >= 0.6 is 0 Å². The smallest absolute Gasteiger partial charge is 0.416 e. The quantitative estimate of drug-likeness (QED) is 0.232. The molecule has 0 bridgehead atoms. The minimum Gasteiger partial charge on any atom is -0.457 e. The summed E-state index contributed by atoms with van der Waals surface area (Å²) < 4.78 is 63.9. The van der Waals surface area contributed by atoms with E-state index < -0.39 is 23.6 Å². The van der Waals surface area contributed by atoms with Crippen molar-refractivity contribution in [3.05, 3.63) is 103 Å². The zero-order valence-electron chi connectivity index (χ0n) is 20.3. The maximum absolute atomic E-state index is 14.8. The highest BCUT2D eigenvalue weighted by atomic mass is 19.4. The Kier molecular flexibility index (Phi) is 6.75. The van der Waals surface area contributed by atoms with E-state index in [0.717, 1.165) is 23.8 Å². The average molecular weight is 536 g/mol. The van der Waals surface area contributed by atoms with Gasteiger partial charge in [-0.15, -0.1) is 0 Å². The van der Waals surface area contributed by atoms with E-state index in [0.29, 0.717) is 11.4 Å². The first kappa shape index (κ1) is 25.5. The van der Waals surface area contributed by atoms with Gasteiger partial charge in [0.05, 0.1) is 23.1 Å². The summed E-state index contributed by atoms with van der Waals surface area (Å²) in [6, 6.07) is 12.6. The number of hydrogen-bond acceptors (Lipinski definition) is 4. The number of rotatable bonds is 6. The number of aromatic nitrogens is 4. The molecular formula is C27H20F4N6O2. The lowest BCUT2D eigenvalue weighted by Crippen LogP contribution is -2.20. The Balaban J connectivity index is 1.29. The first-order chi connectivity index (χ1) is 18.6. The third-order valence-electron chi connectivity index (χ3n) is 5.56. The van der Waals surface area contributed by atoms with Gasteiger partial charge >= 0.3 is 12.2 Å². The Morgan fingerprint density at radius 1 is 0.974 bits per heavy atom. The van der Waals surface area contributed by atoms with E-state index in [1.807, 2.05) is 0 Å². The Morgan fingerprint density at radius 3 is 2.44 bits per heavy atom. The molecule has 2 N–H and O–H groups in total. The van der Waals surface area contributed by atoms with E-state index in [-0.39, 0.29) is 22.8 Å². The van der Waals surface area contributed by atoms with E-state index in [1.165, 1.54) is 22.8 Å². The second-order valence-corrected chi connectivity index (χ2v) is 8.46. The zero-order chi connectivity index (χ0) is 27.6. The number of pyridine rings is 1. The molecule has 0 spiro atoms. The lowest BCUT2D eigenvalue weighted by molar-refractivity contribution is -0.137. The van der Waals surface area contributed by atoms with Crippen LogP contribution in [0, 0.1) is 5.82 Å². The van der Waals surface area contributed by atoms with Crippen molar-refractivity contribution in [3.63, 3.8) is 0 Å². The monoisotopic (exact) mass is 536 g/mol. The molecule has 5 aromatic rings. The van der Waals surface area contributed by atoms with Gasteiger partial charge in [-0.25, -0.2) is 9.18 Å². The molecular weight excluding hydrogens is 516 g/mol. The highest BCUT2D eigenvalue weighted by molar-refractivity contribution is 6.00. The largest absolute Gasteiger partial charge is 0.457 e. The number of hydrogen-bond donors (Lipinski definition) is 2. The molecule has 0 aliphatic rings. The minimum atomic E-state index is -4.63. The Labute approximate surface area is 219 Å². The van der Waals surface area contributed by atoms with Crippen LogP contribution in [0.15, 0.2) is 91.6 Å². The molecule has 3 aromatic heterocycles. The summed E-state index contributed by atoms with van der Waals surface area (Å²) in [5, 5.41) is 8.75. The van der Waals surface area contributed by atoms with E-state index in [9.17, 15) is 22.4 Å². The fraction of sp³-hybridized carbons (Fsp3) is 0.0741. The standard InChI is InChI=1S/C27H20F4N6O2/c1-36-16-17(15-33-36)25-14-22(6-7-32-25)39-21-4-5-24(23(28)13-21)35-26(38)34-19-10-18(27(29,30)31)11-20(12-19)37-8-2-3-9-37/h2-16H,1H3,(H2,34,35,38). The van der Waals surface area contributed by atoms with E-state index in [2.05, 4.69) is 20.7 Å². The highest BCUT2D eigenvalue weighted by Gasteiger charge is 2.31. The maximum atomic E-state index is 14.8. The summed E-state index contributed by atoms with van der Waals surface area (Å²) in [5.41, 5.74) is 0.336.